The molecule has 40 heavy (non-hydrogen) atoms. The Morgan fingerprint density at radius 2 is 2.00 bits per heavy atom. The summed E-state index contributed by atoms with van der Waals surface area (Å²) in [5.41, 5.74) is 2.03. The number of carbonyl (C=O) groups excluding carboxylic acids is 1. The van der Waals surface area contributed by atoms with Crippen molar-refractivity contribution in [1.29, 1.82) is 0 Å². The fourth-order valence-electron chi connectivity index (χ4n) is 5.67. The van der Waals surface area contributed by atoms with Gasteiger partial charge in [0.25, 0.3) is 5.89 Å². The molecule has 9 nitrogen and oxygen atoms in total. The summed E-state index contributed by atoms with van der Waals surface area (Å²) in [5, 5.41) is 4.22. The summed E-state index contributed by atoms with van der Waals surface area (Å²) in [5.74, 6) is 1.98. The molecule has 1 aliphatic heterocycles. The lowest BCUT2D eigenvalue weighted by Gasteiger charge is -2.33. The second-order valence-corrected chi connectivity index (χ2v) is 10.8. The third-order valence-corrected chi connectivity index (χ3v) is 7.80. The normalized spacial score (nSPS) is 22.9. The Hall–Kier alpha value is -3.66. The van der Waals surface area contributed by atoms with Crippen molar-refractivity contribution in [3.63, 3.8) is 0 Å². The third kappa shape index (κ3) is 5.77. The van der Waals surface area contributed by atoms with Crippen LogP contribution in [0.4, 0.5) is 10.1 Å². The predicted octanol–water partition coefficient (Wildman–Crippen LogP) is 6.13. The largest absolute Gasteiger partial charge is 0.464 e. The fraction of sp³-hybridized carbons (Fsp3) is 0.500. The summed E-state index contributed by atoms with van der Waals surface area (Å²) >= 11 is 0. The topological polar surface area (TPSA) is 103 Å². The van der Waals surface area contributed by atoms with Crippen LogP contribution in [0.15, 0.2) is 54.1 Å². The van der Waals surface area contributed by atoms with E-state index in [1.54, 1.807) is 12.4 Å². The lowest BCUT2D eigenvalue weighted by Crippen LogP contribution is -2.41. The van der Waals surface area contributed by atoms with E-state index in [2.05, 4.69) is 21.7 Å². The van der Waals surface area contributed by atoms with Crippen molar-refractivity contribution in [3.05, 3.63) is 61.3 Å². The zero-order valence-corrected chi connectivity index (χ0v) is 23.1. The molecule has 0 spiro atoms. The Morgan fingerprint density at radius 1 is 1.23 bits per heavy atom. The number of aromatic nitrogens is 4. The van der Waals surface area contributed by atoms with Crippen LogP contribution in [0.2, 0.25) is 0 Å². The Kier molecular flexibility index (Phi) is 8.25. The Bertz CT molecular complexity index is 1320. The molecule has 6 rings (SSSR count). The zero-order chi connectivity index (χ0) is 28.2. The van der Waals surface area contributed by atoms with E-state index >= 15 is 0 Å². The number of fused-ring (bicyclic) bond motifs is 2. The summed E-state index contributed by atoms with van der Waals surface area (Å²) in [7, 11) is 0. The van der Waals surface area contributed by atoms with Gasteiger partial charge in [0, 0.05) is 47.9 Å². The number of hydrogen-bond acceptors (Lipinski definition) is 8. The standard InChI is InChI=1S/C28H33N5O4.C2H3F/c1-3-6-23(34)33(22-8-5-7-20(13-22)21-14-29-26(30-15-21)35-4-2)17-27-11-12-28(16-27,36-18-27)25-31-24(32-37-25)19-9-10-19;1-2-3/h5,7-8,13-15,19H,3-4,6,9-12,16-18H2,1-2H3;2H,1H2. The highest BCUT2D eigenvalue weighted by atomic mass is 19.1. The predicted molar refractivity (Wildman–Crippen MR) is 147 cm³/mol. The maximum Gasteiger partial charge on any atom is 0.316 e. The zero-order valence-electron chi connectivity index (χ0n) is 23.1. The highest BCUT2D eigenvalue weighted by Crippen LogP contribution is 2.58. The molecule has 3 fully saturated rings. The molecule has 2 aromatic heterocycles. The number of amides is 1. The maximum absolute atomic E-state index is 13.4. The molecule has 2 saturated carbocycles. The number of nitrogens with zero attached hydrogens (tertiary/aromatic N) is 5. The molecule has 2 unspecified atom stereocenters. The minimum absolute atomic E-state index is 0.121. The minimum atomic E-state index is -0.527. The number of ether oxygens (including phenoxy) is 2. The van der Waals surface area contributed by atoms with Crippen molar-refractivity contribution < 1.29 is 23.2 Å². The molecular weight excluding hydrogens is 513 g/mol. The van der Waals surface area contributed by atoms with E-state index in [1.807, 2.05) is 43.0 Å². The van der Waals surface area contributed by atoms with Crippen molar-refractivity contribution in [2.75, 3.05) is 24.7 Å². The van der Waals surface area contributed by atoms with Crippen LogP contribution in [0.3, 0.4) is 0 Å². The first-order valence-corrected chi connectivity index (χ1v) is 14.0. The van der Waals surface area contributed by atoms with Crippen LogP contribution in [0.5, 0.6) is 6.01 Å². The van der Waals surface area contributed by atoms with Crippen LogP contribution in [-0.4, -0.2) is 45.8 Å². The molecule has 2 aliphatic carbocycles. The molecule has 0 radical (unpaired) electrons. The molecule has 212 valence electrons. The van der Waals surface area contributed by atoms with Gasteiger partial charge in [-0.25, -0.2) is 14.4 Å². The molecule has 0 N–H and O–H groups in total. The average Bonchev–Trinajstić information content (AvgIpc) is 3.40. The van der Waals surface area contributed by atoms with Gasteiger partial charge < -0.3 is 18.9 Å². The number of carbonyl (C=O) groups is 1. The van der Waals surface area contributed by atoms with Crippen LogP contribution in [0.25, 0.3) is 11.1 Å². The maximum atomic E-state index is 13.4. The number of halogens is 1. The second kappa shape index (κ2) is 11.8. The first kappa shape index (κ1) is 27.9. The summed E-state index contributed by atoms with van der Waals surface area (Å²) in [4.78, 5) is 28.7. The van der Waals surface area contributed by atoms with Gasteiger partial charge in [-0.2, -0.15) is 4.98 Å². The Labute approximate surface area is 233 Å². The van der Waals surface area contributed by atoms with E-state index in [4.69, 9.17) is 19.0 Å². The van der Waals surface area contributed by atoms with E-state index in [1.165, 1.54) is 0 Å². The Balaban J connectivity index is 0.00000103. The van der Waals surface area contributed by atoms with Crippen LogP contribution < -0.4 is 9.64 Å². The molecule has 2 bridgehead atoms. The van der Waals surface area contributed by atoms with E-state index in [9.17, 15) is 9.18 Å². The van der Waals surface area contributed by atoms with E-state index in [-0.39, 0.29) is 17.7 Å². The quantitative estimate of drug-likeness (QED) is 0.297. The van der Waals surface area contributed by atoms with E-state index in [0.717, 1.165) is 61.2 Å². The molecule has 1 amide bonds. The molecule has 3 aliphatic rings. The van der Waals surface area contributed by atoms with Gasteiger partial charge in [-0.3, -0.25) is 4.79 Å². The summed E-state index contributed by atoms with van der Waals surface area (Å²) in [6, 6.07) is 8.39. The van der Waals surface area contributed by atoms with Gasteiger partial charge in [0.1, 0.15) is 5.60 Å². The fourth-order valence-corrected chi connectivity index (χ4v) is 5.67. The smallest absolute Gasteiger partial charge is 0.316 e. The molecule has 1 saturated heterocycles. The summed E-state index contributed by atoms with van der Waals surface area (Å²) in [6.07, 6.45) is 9.88. The van der Waals surface area contributed by atoms with Gasteiger partial charge in [-0.1, -0.05) is 30.8 Å². The summed E-state index contributed by atoms with van der Waals surface area (Å²) < 4.78 is 27.5. The van der Waals surface area contributed by atoms with Crippen molar-refractivity contribution in [1.82, 2.24) is 20.1 Å². The van der Waals surface area contributed by atoms with Gasteiger partial charge in [0.2, 0.25) is 5.91 Å². The van der Waals surface area contributed by atoms with Crippen molar-refractivity contribution in [2.45, 2.75) is 70.3 Å². The average molecular weight is 550 g/mol. The highest BCUT2D eigenvalue weighted by molar-refractivity contribution is 5.94. The number of benzene rings is 1. The highest BCUT2D eigenvalue weighted by Gasteiger charge is 2.60. The monoisotopic (exact) mass is 549 g/mol. The molecule has 1 aromatic carbocycles. The van der Waals surface area contributed by atoms with Crippen LogP contribution >= 0.6 is 0 Å². The van der Waals surface area contributed by atoms with Crippen LogP contribution in [-0.2, 0) is 15.1 Å². The molecule has 3 heterocycles. The molecule has 10 heteroatoms. The molecule has 2 atom stereocenters. The van der Waals surface area contributed by atoms with Crippen molar-refractivity contribution >= 4 is 11.6 Å². The van der Waals surface area contributed by atoms with Gasteiger partial charge in [-0.05, 0) is 63.1 Å². The van der Waals surface area contributed by atoms with Gasteiger partial charge in [0.05, 0.1) is 19.5 Å². The first-order chi connectivity index (χ1) is 19.4. The third-order valence-electron chi connectivity index (χ3n) is 7.80. The number of rotatable bonds is 10. The van der Waals surface area contributed by atoms with E-state index in [0.29, 0.717) is 44.0 Å². The number of hydrogen-bond donors (Lipinski definition) is 0. The Morgan fingerprint density at radius 3 is 2.65 bits per heavy atom. The molecule has 3 aromatic rings. The lowest BCUT2D eigenvalue weighted by molar-refractivity contribution is -0.119. The van der Waals surface area contributed by atoms with Crippen LogP contribution in [0, 0.1) is 5.41 Å². The first-order valence-electron chi connectivity index (χ1n) is 14.0. The minimum Gasteiger partial charge on any atom is -0.464 e. The van der Waals surface area contributed by atoms with Crippen molar-refractivity contribution in [2.24, 2.45) is 5.41 Å². The van der Waals surface area contributed by atoms with Gasteiger partial charge in [-0.15, -0.1) is 0 Å². The van der Waals surface area contributed by atoms with Crippen LogP contribution in [0.1, 0.15) is 76.4 Å². The summed E-state index contributed by atoms with van der Waals surface area (Å²) in [6.45, 7) is 8.33. The second-order valence-electron chi connectivity index (χ2n) is 10.8. The van der Waals surface area contributed by atoms with Gasteiger partial charge in [0.15, 0.2) is 5.82 Å². The number of anilines is 1. The van der Waals surface area contributed by atoms with Gasteiger partial charge >= 0.3 is 6.01 Å². The SMILES string of the molecule is C=CF.CCCC(=O)N(CC12CCC(c3nc(C4CC4)no3)(C1)OC2)c1cccc(-c2cnc(OCC)nc2)c1. The van der Waals surface area contributed by atoms with Crippen molar-refractivity contribution in [3.8, 4) is 17.1 Å². The lowest BCUT2D eigenvalue weighted by atomic mass is 9.86. The van der Waals surface area contributed by atoms with E-state index < -0.39 is 5.60 Å². The molecular formula is C30H36FN5O4.